The highest BCUT2D eigenvalue weighted by atomic mass is 16.5. The fourth-order valence-electron chi connectivity index (χ4n) is 3.43. The highest BCUT2D eigenvalue weighted by Gasteiger charge is 2.24. The molecule has 7 heteroatoms. The van der Waals surface area contributed by atoms with Gasteiger partial charge in [-0.15, -0.1) is 0 Å². The van der Waals surface area contributed by atoms with Gasteiger partial charge in [0.05, 0.1) is 11.6 Å². The Balaban J connectivity index is 1.63. The Labute approximate surface area is 151 Å². The fraction of sp³-hybridized carbons (Fsp3) is 0.368. The summed E-state index contributed by atoms with van der Waals surface area (Å²) in [4.78, 5) is 26.0. The van der Waals surface area contributed by atoms with Gasteiger partial charge in [-0.2, -0.15) is 0 Å². The number of fused-ring (bicyclic) bond motifs is 1. The van der Waals surface area contributed by atoms with Crippen molar-refractivity contribution in [3.8, 4) is 5.95 Å². The van der Waals surface area contributed by atoms with Crippen LogP contribution in [0.1, 0.15) is 36.2 Å². The van der Waals surface area contributed by atoms with Crippen molar-refractivity contribution in [3.05, 3.63) is 48.7 Å². The molecule has 26 heavy (non-hydrogen) atoms. The minimum absolute atomic E-state index is 0.152. The van der Waals surface area contributed by atoms with Gasteiger partial charge in [0, 0.05) is 30.9 Å². The highest BCUT2D eigenvalue weighted by molar-refractivity contribution is 6.04. The van der Waals surface area contributed by atoms with Gasteiger partial charge in [-0.3, -0.25) is 9.36 Å². The molecule has 0 spiro atoms. The molecule has 1 amide bonds. The summed E-state index contributed by atoms with van der Waals surface area (Å²) < 4.78 is 7.10. The standard InChI is InChI=1S/C19H21N5O2/c1-26-14-8-6-13(7-9-14)21-18(25)17-15-4-2-3-5-16(15)22-19(23-17)24-11-10-20-12-24/h2-5,10-14H,6-9H2,1H3,(H,21,25). The molecule has 0 bridgehead atoms. The molecule has 0 atom stereocenters. The van der Waals surface area contributed by atoms with Crippen molar-refractivity contribution in [2.24, 2.45) is 0 Å². The molecule has 1 aromatic carbocycles. The molecule has 1 N–H and O–H groups in total. The maximum Gasteiger partial charge on any atom is 0.270 e. The summed E-state index contributed by atoms with van der Waals surface area (Å²) >= 11 is 0. The molecular weight excluding hydrogens is 330 g/mol. The zero-order valence-electron chi connectivity index (χ0n) is 14.6. The van der Waals surface area contributed by atoms with E-state index in [9.17, 15) is 4.79 Å². The Morgan fingerprint density at radius 2 is 2.00 bits per heavy atom. The van der Waals surface area contributed by atoms with E-state index in [0.29, 0.717) is 17.7 Å². The number of nitrogens with zero attached hydrogens (tertiary/aromatic N) is 4. The first-order valence-electron chi connectivity index (χ1n) is 8.83. The van der Waals surface area contributed by atoms with Crippen LogP contribution in [0, 0.1) is 0 Å². The van der Waals surface area contributed by atoms with Crippen LogP contribution >= 0.6 is 0 Å². The number of carbonyl (C=O) groups is 1. The van der Waals surface area contributed by atoms with Crippen LogP contribution in [0.4, 0.5) is 0 Å². The first-order valence-corrected chi connectivity index (χ1v) is 8.83. The van der Waals surface area contributed by atoms with Crippen LogP contribution in [0.5, 0.6) is 0 Å². The lowest BCUT2D eigenvalue weighted by Gasteiger charge is -2.28. The second kappa shape index (κ2) is 7.21. The molecule has 0 radical (unpaired) electrons. The Bertz CT molecular complexity index is 901. The van der Waals surface area contributed by atoms with Gasteiger partial charge in [-0.25, -0.2) is 15.0 Å². The van der Waals surface area contributed by atoms with E-state index in [2.05, 4.69) is 20.3 Å². The van der Waals surface area contributed by atoms with Crippen molar-refractivity contribution < 1.29 is 9.53 Å². The zero-order chi connectivity index (χ0) is 17.9. The number of methoxy groups -OCH3 is 1. The molecule has 134 valence electrons. The van der Waals surface area contributed by atoms with Crippen molar-refractivity contribution in [3.63, 3.8) is 0 Å². The number of amides is 1. The number of carbonyl (C=O) groups excluding carboxylic acids is 1. The lowest BCUT2D eigenvalue weighted by atomic mass is 9.93. The van der Waals surface area contributed by atoms with E-state index in [1.54, 1.807) is 30.4 Å². The van der Waals surface area contributed by atoms with E-state index >= 15 is 0 Å². The zero-order valence-corrected chi connectivity index (χ0v) is 14.6. The number of aromatic nitrogens is 4. The summed E-state index contributed by atoms with van der Waals surface area (Å²) in [6, 6.07) is 7.71. The Kier molecular flexibility index (Phi) is 4.62. The first-order chi connectivity index (χ1) is 12.7. The highest BCUT2D eigenvalue weighted by Crippen LogP contribution is 2.22. The number of hydrogen-bond acceptors (Lipinski definition) is 5. The van der Waals surface area contributed by atoms with Gasteiger partial charge < -0.3 is 10.1 Å². The topological polar surface area (TPSA) is 81.9 Å². The van der Waals surface area contributed by atoms with Crippen molar-refractivity contribution in [1.82, 2.24) is 24.8 Å². The van der Waals surface area contributed by atoms with Gasteiger partial charge in [0.15, 0.2) is 0 Å². The summed E-state index contributed by atoms with van der Waals surface area (Å²) in [5, 5.41) is 3.88. The lowest BCUT2D eigenvalue weighted by Crippen LogP contribution is -2.39. The number of imidazole rings is 1. The second-order valence-corrected chi connectivity index (χ2v) is 6.54. The van der Waals surface area contributed by atoms with E-state index < -0.39 is 0 Å². The largest absolute Gasteiger partial charge is 0.381 e. The molecule has 2 heterocycles. The molecule has 1 saturated carbocycles. The number of rotatable bonds is 4. The second-order valence-electron chi connectivity index (χ2n) is 6.54. The molecule has 3 aromatic rings. The summed E-state index contributed by atoms with van der Waals surface area (Å²) in [5.74, 6) is 0.278. The molecule has 1 aliphatic carbocycles. The Morgan fingerprint density at radius 3 is 2.73 bits per heavy atom. The third-order valence-corrected chi connectivity index (χ3v) is 4.88. The lowest BCUT2D eigenvalue weighted by molar-refractivity contribution is 0.0598. The van der Waals surface area contributed by atoms with Crippen LogP contribution in [0.2, 0.25) is 0 Å². The maximum absolute atomic E-state index is 12.9. The predicted octanol–water partition coefficient (Wildman–Crippen LogP) is 2.50. The van der Waals surface area contributed by atoms with E-state index in [0.717, 1.165) is 36.6 Å². The van der Waals surface area contributed by atoms with Gasteiger partial charge in [0.2, 0.25) is 5.95 Å². The average Bonchev–Trinajstić information content (AvgIpc) is 3.22. The molecule has 0 aliphatic heterocycles. The third-order valence-electron chi connectivity index (χ3n) is 4.88. The normalized spacial score (nSPS) is 20.2. The number of para-hydroxylation sites is 1. The van der Waals surface area contributed by atoms with E-state index in [4.69, 9.17) is 4.74 Å². The fourth-order valence-corrected chi connectivity index (χ4v) is 3.43. The maximum atomic E-state index is 12.9. The summed E-state index contributed by atoms with van der Waals surface area (Å²) in [7, 11) is 1.74. The number of hydrogen-bond donors (Lipinski definition) is 1. The summed E-state index contributed by atoms with van der Waals surface area (Å²) in [5.41, 5.74) is 1.13. The molecular formula is C19H21N5O2. The van der Waals surface area contributed by atoms with E-state index in [1.165, 1.54) is 0 Å². The molecule has 0 unspecified atom stereocenters. The van der Waals surface area contributed by atoms with Gasteiger partial charge in [0.1, 0.15) is 12.0 Å². The van der Waals surface area contributed by atoms with Crippen molar-refractivity contribution >= 4 is 16.8 Å². The van der Waals surface area contributed by atoms with Crippen LogP contribution in [-0.2, 0) is 4.74 Å². The van der Waals surface area contributed by atoms with E-state index in [1.807, 2.05) is 24.3 Å². The van der Waals surface area contributed by atoms with Gasteiger partial charge >= 0.3 is 0 Å². The summed E-state index contributed by atoms with van der Waals surface area (Å²) in [6.07, 6.45) is 9.11. The smallest absolute Gasteiger partial charge is 0.270 e. The van der Waals surface area contributed by atoms with Gasteiger partial charge in [-0.05, 0) is 31.7 Å². The quantitative estimate of drug-likeness (QED) is 0.781. The van der Waals surface area contributed by atoms with E-state index in [-0.39, 0.29) is 11.9 Å². The minimum atomic E-state index is -0.161. The van der Waals surface area contributed by atoms with Gasteiger partial charge in [-0.1, -0.05) is 18.2 Å². The summed E-state index contributed by atoms with van der Waals surface area (Å²) in [6.45, 7) is 0. The van der Waals surface area contributed by atoms with Crippen LogP contribution in [0.25, 0.3) is 16.9 Å². The number of benzene rings is 1. The Hall–Kier alpha value is -2.80. The molecule has 1 fully saturated rings. The predicted molar refractivity (Wildman–Crippen MR) is 97.2 cm³/mol. The van der Waals surface area contributed by atoms with Crippen LogP contribution in [-0.4, -0.2) is 44.7 Å². The van der Waals surface area contributed by atoms with Crippen LogP contribution in [0.3, 0.4) is 0 Å². The van der Waals surface area contributed by atoms with Crippen molar-refractivity contribution in [1.29, 1.82) is 0 Å². The molecule has 2 aromatic heterocycles. The molecule has 1 aliphatic rings. The molecule has 0 saturated heterocycles. The van der Waals surface area contributed by atoms with Crippen LogP contribution < -0.4 is 5.32 Å². The van der Waals surface area contributed by atoms with Gasteiger partial charge in [0.25, 0.3) is 5.91 Å². The first kappa shape index (κ1) is 16.7. The number of nitrogens with one attached hydrogen (secondary N) is 1. The Morgan fingerprint density at radius 1 is 1.19 bits per heavy atom. The van der Waals surface area contributed by atoms with Crippen molar-refractivity contribution in [2.45, 2.75) is 37.8 Å². The molecule has 4 rings (SSSR count). The van der Waals surface area contributed by atoms with Crippen molar-refractivity contribution in [2.75, 3.05) is 7.11 Å². The average molecular weight is 351 g/mol. The van der Waals surface area contributed by atoms with Crippen LogP contribution in [0.15, 0.2) is 43.0 Å². The third kappa shape index (κ3) is 3.30. The molecule has 7 nitrogen and oxygen atoms in total. The SMILES string of the molecule is COC1CCC(NC(=O)c2nc(-n3ccnc3)nc3ccccc23)CC1. The monoisotopic (exact) mass is 351 g/mol. The minimum Gasteiger partial charge on any atom is -0.381 e. The number of ether oxygens (including phenoxy) is 1.